The van der Waals surface area contributed by atoms with E-state index in [9.17, 15) is 43.2 Å². The van der Waals surface area contributed by atoms with Crippen LogP contribution in [-0.4, -0.2) is 27.9 Å². The van der Waals surface area contributed by atoms with E-state index in [0.717, 1.165) is 0 Å². The molecule has 0 saturated carbocycles. The highest BCUT2D eigenvalue weighted by atomic mass is 32.3. The monoisotopic (exact) mass is 353 g/mol. The second-order valence-electron chi connectivity index (χ2n) is 3.34. The Morgan fingerprint density at radius 2 is 1.00 bits per heavy atom. The highest BCUT2D eigenvalue weighted by Gasteiger charge is 2.55. The van der Waals surface area contributed by atoms with Crippen LogP contribution >= 0.6 is 0 Å². The number of sulfonamides is 2. The normalized spacial score (nSPS) is 13.6. The van der Waals surface area contributed by atoms with Gasteiger partial charge >= 0.3 is 31.1 Å². The van der Waals surface area contributed by atoms with Crippen molar-refractivity contribution in [3.8, 4) is 0 Å². The molecule has 0 radical (unpaired) electrons. The van der Waals surface area contributed by atoms with Crippen molar-refractivity contribution in [2.75, 3.05) is 0 Å². The van der Waals surface area contributed by atoms with Gasteiger partial charge < -0.3 is 0 Å². The molecule has 0 aromatic heterocycles. The van der Waals surface area contributed by atoms with Crippen LogP contribution in [0.2, 0.25) is 0 Å². The van der Waals surface area contributed by atoms with Crippen LogP contribution in [0.25, 0.3) is 0 Å². The average molecular weight is 353 g/mol. The molecule has 1 N–H and O–H groups in total. The van der Waals surface area contributed by atoms with E-state index in [1.165, 1.54) is 19.3 Å². The van der Waals surface area contributed by atoms with Crippen molar-refractivity contribution >= 4 is 20.0 Å². The first-order valence-electron chi connectivity index (χ1n) is 5.03. The number of halogens is 6. The van der Waals surface area contributed by atoms with Gasteiger partial charge in [-0.05, 0) is 0 Å². The Balaban J connectivity index is 0. The number of alkyl halides is 6. The maximum atomic E-state index is 11.5. The van der Waals surface area contributed by atoms with Gasteiger partial charge in [0.15, 0.2) is 0 Å². The first-order chi connectivity index (χ1) is 8.62. The molecule has 0 bridgehead atoms. The van der Waals surface area contributed by atoms with Crippen LogP contribution in [0.5, 0.6) is 0 Å². The SMILES string of the molecule is CCCCC.O=S(=O)(NS(=O)(=O)C(F)(F)F)C(F)(F)F. The maximum absolute atomic E-state index is 11.5. The first kappa shape index (κ1) is 21.7. The fourth-order valence-electron chi connectivity index (χ4n) is 0.592. The third-order valence-electron chi connectivity index (χ3n) is 1.54. The zero-order valence-electron chi connectivity index (χ0n) is 10.3. The van der Waals surface area contributed by atoms with Gasteiger partial charge in [0.1, 0.15) is 0 Å². The Morgan fingerprint density at radius 3 is 1.10 bits per heavy atom. The van der Waals surface area contributed by atoms with Gasteiger partial charge in [0.05, 0.1) is 0 Å². The molecule has 0 unspecified atom stereocenters. The number of hydrogen-bond donors (Lipinski definition) is 1. The zero-order chi connectivity index (χ0) is 16.8. The lowest BCUT2D eigenvalue weighted by atomic mass is 10.3. The summed E-state index contributed by atoms with van der Waals surface area (Å²) in [7, 11) is -13.2. The Bertz CT molecular complexity index is 434. The van der Waals surface area contributed by atoms with Crippen LogP contribution < -0.4 is 4.13 Å². The summed E-state index contributed by atoms with van der Waals surface area (Å²) in [5.41, 5.74) is -12.3. The molecule has 0 fully saturated rings. The van der Waals surface area contributed by atoms with Gasteiger partial charge in [-0.25, -0.2) is 16.8 Å². The molecular weight excluding hydrogens is 340 g/mol. The molecule has 0 amide bonds. The minimum Gasteiger partial charge on any atom is -0.202 e. The molecule has 0 aromatic rings. The summed E-state index contributed by atoms with van der Waals surface area (Å²) in [5.74, 6) is 0. The summed E-state index contributed by atoms with van der Waals surface area (Å²) in [4.78, 5) is 0. The number of unbranched alkanes of at least 4 members (excludes halogenated alkanes) is 2. The van der Waals surface area contributed by atoms with E-state index < -0.39 is 35.2 Å². The molecule has 0 aromatic carbocycles. The molecule has 0 saturated heterocycles. The van der Waals surface area contributed by atoms with E-state index in [1.54, 1.807) is 0 Å². The third kappa shape index (κ3) is 7.28. The van der Waals surface area contributed by atoms with Gasteiger partial charge in [0, 0.05) is 0 Å². The minimum absolute atomic E-state index is 0.493. The Morgan fingerprint density at radius 1 is 0.750 bits per heavy atom. The van der Waals surface area contributed by atoms with Crippen LogP contribution in [0.15, 0.2) is 0 Å². The van der Waals surface area contributed by atoms with Gasteiger partial charge in [-0.1, -0.05) is 37.2 Å². The minimum atomic E-state index is -6.60. The molecule has 0 heterocycles. The van der Waals surface area contributed by atoms with Crippen LogP contribution in [0.1, 0.15) is 33.1 Å². The van der Waals surface area contributed by atoms with Gasteiger partial charge in [0.2, 0.25) is 0 Å². The van der Waals surface area contributed by atoms with Gasteiger partial charge in [-0.2, -0.15) is 26.3 Å². The predicted octanol–water partition coefficient (Wildman–Crippen LogP) is 2.47. The highest BCUT2D eigenvalue weighted by Crippen LogP contribution is 2.27. The molecule has 0 atom stereocenters. The van der Waals surface area contributed by atoms with Gasteiger partial charge in [-0.15, -0.1) is 0 Å². The average Bonchev–Trinajstić information content (AvgIpc) is 2.14. The molecule has 0 aliphatic carbocycles. The molecular formula is C7H13F6NO4S2. The number of hydrogen-bond acceptors (Lipinski definition) is 4. The van der Waals surface area contributed by atoms with Crippen molar-refractivity contribution in [2.45, 2.75) is 44.1 Å². The summed E-state index contributed by atoms with van der Waals surface area (Å²) in [5, 5.41) is 0. The lowest BCUT2D eigenvalue weighted by molar-refractivity contribution is -0.0476. The second-order valence-corrected chi connectivity index (χ2v) is 6.94. The van der Waals surface area contributed by atoms with Crippen molar-refractivity contribution in [1.82, 2.24) is 4.13 Å². The first-order valence-corrected chi connectivity index (χ1v) is 8.00. The lowest BCUT2D eigenvalue weighted by Crippen LogP contribution is -2.45. The van der Waals surface area contributed by atoms with Crippen LogP contribution in [0.4, 0.5) is 26.3 Å². The zero-order valence-corrected chi connectivity index (χ0v) is 12.0. The molecule has 124 valence electrons. The van der Waals surface area contributed by atoms with E-state index >= 15 is 0 Å². The van der Waals surface area contributed by atoms with Crippen molar-refractivity contribution in [2.24, 2.45) is 0 Å². The molecule has 13 heteroatoms. The standard InChI is InChI=1S/C5H12.C2HF6NO4S2/c1-3-5-4-2;3-1(4,5)14(10,11)9-15(12,13)2(6,7)8/h3-5H2,1-2H3;9H. The third-order valence-corrected chi connectivity index (χ3v) is 4.51. The Kier molecular flexibility index (Phi) is 8.09. The van der Waals surface area contributed by atoms with Crippen molar-refractivity contribution in [3.05, 3.63) is 0 Å². The van der Waals surface area contributed by atoms with E-state index in [0.29, 0.717) is 0 Å². The summed E-state index contributed by atoms with van der Waals surface area (Å²) >= 11 is 0. The number of rotatable bonds is 4. The van der Waals surface area contributed by atoms with Crippen molar-refractivity contribution in [1.29, 1.82) is 0 Å². The van der Waals surface area contributed by atoms with Crippen molar-refractivity contribution < 1.29 is 43.2 Å². The lowest BCUT2D eigenvalue weighted by Gasteiger charge is -2.11. The number of nitrogens with one attached hydrogen (secondary N) is 1. The molecule has 20 heavy (non-hydrogen) atoms. The topological polar surface area (TPSA) is 80.3 Å². The van der Waals surface area contributed by atoms with Crippen molar-refractivity contribution in [3.63, 3.8) is 0 Å². The summed E-state index contributed by atoms with van der Waals surface area (Å²) in [6.45, 7) is 4.42. The predicted molar refractivity (Wildman–Crippen MR) is 58.3 cm³/mol. The molecule has 0 aliphatic rings. The largest absolute Gasteiger partial charge is 0.512 e. The quantitative estimate of drug-likeness (QED) is 0.788. The summed E-state index contributed by atoms with van der Waals surface area (Å²) < 4.78 is 108. The fourth-order valence-corrected chi connectivity index (χ4v) is 2.50. The molecule has 0 aliphatic heterocycles. The maximum Gasteiger partial charge on any atom is 0.512 e. The summed E-state index contributed by atoms with van der Waals surface area (Å²) in [6, 6.07) is 0. The van der Waals surface area contributed by atoms with Gasteiger partial charge in [0.25, 0.3) is 0 Å². The van der Waals surface area contributed by atoms with Crippen LogP contribution in [0, 0.1) is 0 Å². The van der Waals surface area contributed by atoms with E-state index in [1.807, 2.05) is 0 Å². The smallest absolute Gasteiger partial charge is 0.202 e. The fraction of sp³-hybridized carbons (Fsp3) is 1.00. The molecule has 0 spiro atoms. The summed E-state index contributed by atoms with van der Waals surface area (Å²) in [6.07, 6.45) is 4.08. The van der Waals surface area contributed by atoms with E-state index in [2.05, 4.69) is 13.8 Å². The van der Waals surface area contributed by atoms with E-state index in [-0.39, 0.29) is 0 Å². The molecule has 0 rings (SSSR count). The van der Waals surface area contributed by atoms with Gasteiger partial charge in [-0.3, -0.25) is 0 Å². The Hall–Kier alpha value is -0.560. The Labute approximate surface area is 112 Å². The van der Waals surface area contributed by atoms with E-state index in [4.69, 9.17) is 0 Å². The van der Waals surface area contributed by atoms with Crippen LogP contribution in [0.3, 0.4) is 0 Å². The highest BCUT2D eigenvalue weighted by molar-refractivity contribution is 8.05. The van der Waals surface area contributed by atoms with Crippen LogP contribution in [-0.2, 0) is 20.0 Å². The second kappa shape index (κ2) is 7.45. The molecule has 5 nitrogen and oxygen atoms in total.